The van der Waals surface area contributed by atoms with Gasteiger partial charge in [0.1, 0.15) is 11.3 Å². The molecule has 5 heteroatoms. The van der Waals surface area contributed by atoms with Crippen LogP contribution in [-0.4, -0.2) is 35.1 Å². The lowest BCUT2D eigenvalue weighted by Gasteiger charge is -2.50. The van der Waals surface area contributed by atoms with Crippen LogP contribution in [0.3, 0.4) is 0 Å². The lowest BCUT2D eigenvalue weighted by atomic mass is 9.79. The number of piperazine rings is 1. The first-order valence-electron chi connectivity index (χ1n) is 6.76. The molecular formula is C13H19ClN4. The van der Waals surface area contributed by atoms with E-state index in [9.17, 15) is 0 Å². The third-order valence-corrected chi connectivity index (χ3v) is 4.49. The van der Waals surface area contributed by atoms with Crippen molar-refractivity contribution >= 4 is 17.4 Å². The minimum atomic E-state index is 0.217. The summed E-state index contributed by atoms with van der Waals surface area (Å²) in [6.45, 7) is 3.03. The van der Waals surface area contributed by atoms with E-state index in [-0.39, 0.29) is 5.54 Å². The fourth-order valence-electron chi connectivity index (χ4n) is 3.34. The molecule has 1 spiro atoms. The van der Waals surface area contributed by atoms with Gasteiger partial charge in [-0.15, -0.1) is 0 Å². The van der Waals surface area contributed by atoms with Crippen molar-refractivity contribution in [1.82, 2.24) is 15.3 Å². The summed E-state index contributed by atoms with van der Waals surface area (Å²) in [4.78, 5) is 10.8. The highest BCUT2D eigenvalue weighted by Crippen LogP contribution is 2.38. The Morgan fingerprint density at radius 2 is 2.11 bits per heavy atom. The minimum absolute atomic E-state index is 0.217. The zero-order valence-corrected chi connectivity index (χ0v) is 11.3. The van der Waals surface area contributed by atoms with Crippen molar-refractivity contribution in [2.75, 3.05) is 24.5 Å². The molecule has 1 saturated heterocycles. The summed E-state index contributed by atoms with van der Waals surface area (Å²) in [6, 6.07) is 0. The van der Waals surface area contributed by atoms with Crippen molar-refractivity contribution in [3.05, 3.63) is 17.5 Å². The normalized spacial score (nSPS) is 23.3. The Labute approximate surface area is 113 Å². The van der Waals surface area contributed by atoms with Crippen LogP contribution in [0.2, 0.25) is 5.02 Å². The Hall–Kier alpha value is -0.870. The Bertz CT molecular complexity index is 409. The molecule has 0 atom stereocenters. The van der Waals surface area contributed by atoms with Gasteiger partial charge >= 0.3 is 0 Å². The maximum atomic E-state index is 6.27. The van der Waals surface area contributed by atoms with E-state index in [4.69, 9.17) is 11.6 Å². The molecule has 2 aliphatic rings. The molecule has 1 aliphatic heterocycles. The van der Waals surface area contributed by atoms with E-state index in [1.54, 1.807) is 12.5 Å². The number of hydrogen-bond donors (Lipinski definition) is 1. The van der Waals surface area contributed by atoms with E-state index in [0.717, 1.165) is 25.5 Å². The summed E-state index contributed by atoms with van der Waals surface area (Å²) in [5.41, 5.74) is 0.217. The van der Waals surface area contributed by atoms with Crippen LogP contribution in [0.1, 0.15) is 32.1 Å². The first-order valence-corrected chi connectivity index (χ1v) is 7.14. The number of nitrogens with zero attached hydrogens (tertiary/aromatic N) is 3. The molecule has 0 radical (unpaired) electrons. The van der Waals surface area contributed by atoms with Crippen LogP contribution >= 0.6 is 11.6 Å². The SMILES string of the molecule is Clc1cncnc1N1CCNCC12CCCCC2. The van der Waals surface area contributed by atoms with Gasteiger partial charge in [0.25, 0.3) is 0 Å². The van der Waals surface area contributed by atoms with Crippen LogP contribution in [0.5, 0.6) is 0 Å². The molecule has 0 amide bonds. The van der Waals surface area contributed by atoms with Gasteiger partial charge in [-0.25, -0.2) is 9.97 Å². The van der Waals surface area contributed by atoms with Crippen molar-refractivity contribution in [1.29, 1.82) is 0 Å². The Balaban J connectivity index is 1.94. The van der Waals surface area contributed by atoms with Crippen molar-refractivity contribution in [3.8, 4) is 0 Å². The van der Waals surface area contributed by atoms with Crippen LogP contribution in [0, 0.1) is 0 Å². The van der Waals surface area contributed by atoms with Crippen molar-refractivity contribution in [2.24, 2.45) is 0 Å². The maximum Gasteiger partial charge on any atom is 0.151 e. The van der Waals surface area contributed by atoms with Crippen molar-refractivity contribution < 1.29 is 0 Å². The molecule has 2 fully saturated rings. The Kier molecular flexibility index (Phi) is 3.39. The summed E-state index contributed by atoms with van der Waals surface area (Å²) in [5.74, 6) is 0.912. The Morgan fingerprint density at radius 1 is 1.28 bits per heavy atom. The minimum Gasteiger partial charge on any atom is -0.347 e. The lowest BCUT2D eigenvalue weighted by molar-refractivity contribution is 0.239. The third kappa shape index (κ3) is 2.08. The van der Waals surface area contributed by atoms with Crippen LogP contribution in [0.25, 0.3) is 0 Å². The number of halogens is 1. The number of aromatic nitrogens is 2. The van der Waals surface area contributed by atoms with E-state index in [1.807, 2.05) is 0 Å². The predicted octanol–water partition coefficient (Wildman–Crippen LogP) is 2.24. The van der Waals surface area contributed by atoms with Gasteiger partial charge in [-0.3, -0.25) is 0 Å². The summed E-state index contributed by atoms with van der Waals surface area (Å²) in [5, 5.41) is 4.21. The average Bonchev–Trinajstić information content (AvgIpc) is 2.41. The highest BCUT2D eigenvalue weighted by atomic mass is 35.5. The summed E-state index contributed by atoms with van der Waals surface area (Å²) in [7, 11) is 0. The second-order valence-corrected chi connectivity index (χ2v) is 5.71. The molecule has 1 N–H and O–H groups in total. The van der Waals surface area contributed by atoms with Gasteiger partial charge in [-0.2, -0.15) is 0 Å². The third-order valence-electron chi connectivity index (χ3n) is 4.23. The van der Waals surface area contributed by atoms with E-state index >= 15 is 0 Å². The lowest BCUT2D eigenvalue weighted by Crippen LogP contribution is -2.62. The molecule has 1 aromatic heterocycles. The van der Waals surface area contributed by atoms with Crippen molar-refractivity contribution in [3.63, 3.8) is 0 Å². The van der Waals surface area contributed by atoms with Crippen LogP contribution in [-0.2, 0) is 0 Å². The second kappa shape index (κ2) is 5.02. The van der Waals surface area contributed by atoms with Gasteiger partial charge in [0, 0.05) is 19.6 Å². The molecular weight excluding hydrogens is 248 g/mol. The molecule has 3 rings (SSSR count). The quantitative estimate of drug-likeness (QED) is 0.847. The standard InChI is InChI=1S/C13H19ClN4/c14-11-8-16-10-17-12(11)18-7-6-15-9-13(18)4-2-1-3-5-13/h8,10,15H,1-7,9H2. The number of anilines is 1. The van der Waals surface area contributed by atoms with E-state index in [2.05, 4.69) is 20.2 Å². The number of rotatable bonds is 1. The largest absolute Gasteiger partial charge is 0.347 e. The van der Waals surface area contributed by atoms with Gasteiger partial charge in [0.05, 0.1) is 11.7 Å². The van der Waals surface area contributed by atoms with Crippen LogP contribution < -0.4 is 10.2 Å². The average molecular weight is 267 g/mol. The van der Waals surface area contributed by atoms with Gasteiger partial charge in [0.15, 0.2) is 5.82 Å². The number of nitrogens with one attached hydrogen (secondary N) is 1. The zero-order valence-electron chi connectivity index (χ0n) is 10.5. The summed E-state index contributed by atoms with van der Waals surface area (Å²) < 4.78 is 0. The molecule has 98 valence electrons. The van der Waals surface area contributed by atoms with E-state index < -0.39 is 0 Å². The van der Waals surface area contributed by atoms with E-state index in [0.29, 0.717) is 5.02 Å². The van der Waals surface area contributed by atoms with Gasteiger partial charge < -0.3 is 10.2 Å². The molecule has 18 heavy (non-hydrogen) atoms. The topological polar surface area (TPSA) is 41.1 Å². The molecule has 4 nitrogen and oxygen atoms in total. The molecule has 0 bridgehead atoms. The molecule has 0 aromatic carbocycles. The van der Waals surface area contributed by atoms with Gasteiger partial charge in [-0.05, 0) is 12.8 Å². The molecule has 1 aromatic rings. The maximum absolute atomic E-state index is 6.27. The Morgan fingerprint density at radius 3 is 2.89 bits per heavy atom. The molecule has 2 heterocycles. The summed E-state index contributed by atoms with van der Waals surface area (Å²) >= 11 is 6.27. The highest BCUT2D eigenvalue weighted by Gasteiger charge is 2.41. The second-order valence-electron chi connectivity index (χ2n) is 5.31. The predicted molar refractivity (Wildman–Crippen MR) is 73.1 cm³/mol. The first-order chi connectivity index (χ1) is 8.82. The zero-order chi connectivity index (χ0) is 12.4. The monoisotopic (exact) mass is 266 g/mol. The fraction of sp³-hybridized carbons (Fsp3) is 0.692. The first kappa shape index (κ1) is 12.2. The van der Waals surface area contributed by atoms with E-state index in [1.165, 1.54) is 32.1 Å². The van der Waals surface area contributed by atoms with Gasteiger partial charge in [-0.1, -0.05) is 30.9 Å². The summed E-state index contributed by atoms with van der Waals surface area (Å²) in [6.07, 6.45) is 9.73. The molecule has 1 aliphatic carbocycles. The highest BCUT2D eigenvalue weighted by molar-refractivity contribution is 6.32. The van der Waals surface area contributed by atoms with Crippen molar-refractivity contribution in [2.45, 2.75) is 37.6 Å². The van der Waals surface area contributed by atoms with Crippen LogP contribution in [0.4, 0.5) is 5.82 Å². The molecule has 0 unspecified atom stereocenters. The number of hydrogen-bond acceptors (Lipinski definition) is 4. The molecule has 1 saturated carbocycles. The smallest absolute Gasteiger partial charge is 0.151 e. The van der Waals surface area contributed by atoms with Gasteiger partial charge in [0.2, 0.25) is 0 Å². The van der Waals surface area contributed by atoms with Crippen LogP contribution in [0.15, 0.2) is 12.5 Å². The fourth-order valence-corrected chi connectivity index (χ4v) is 3.54.